The van der Waals surface area contributed by atoms with E-state index in [1.807, 2.05) is 36.5 Å². The molecule has 0 bridgehead atoms. The van der Waals surface area contributed by atoms with Crippen molar-refractivity contribution >= 4 is 21.4 Å². The van der Waals surface area contributed by atoms with Crippen LogP contribution in [0.4, 0.5) is 0 Å². The fourth-order valence-electron chi connectivity index (χ4n) is 4.13. The van der Waals surface area contributed by atoms with E-state index in [-0.39, 0.29) is 11.8 Å². The first-order valence-corrected chi connectivity index (χ1v) is 11.4. The monoisotopic (exact) mass is 432 g/mol. The van der Waals surface area contributed by atoms with E-state index in [2.05, 4.69) is 23.2 Å². The molecule has 1 fully saturated rings. The smallest absolute Gasteiger partial charge is 0.347 e. The van der Waals surface area contributed by atoms with Crippen LogP contribution in [0, 0.1) is 0 Å². The van der Waals surface area contributed by atoms with Crippen LogP contribution in [-0.2, 0) is 6.54 Å². The molecule has 0 saturated heterocycles. The fraction of sp³-hybridized carbons (Fsp3) is 0.280. The highest BCUT2D eigenvalue weighted by molar-refractivity contribution is 7.19. The Morgan fingerprint density at radius 1 is 1.06 bits per heavy atom. The van der Waals surface area contributed by atoms with E-state index in [1.165, 1.54) is 22.9 Å². The molecule has 31 heavy (non-hydrogen) atoms. The highest BCUT2D eigenvalue weighted by Crippen LogP contribution is 2.35. The molecule has 4 aromatic rings. The minimum atomic E-state index is -0.253. The van der Waals surface area contributed by atoms with Crippen LogP contribution in [0.5, 0.6) is 11.5 Å². The van der Waals surface area contributed by atoms with Gasteiger partial charge >= 0.3 is 5.69 Å². The Labute approximate surface area is 184 Å². The molecule has 6 heteroatoms. The zero-order valence-corrected chi connectivity index (χ0v) is 18.2. The predicted molar refractivity (Wildman–Crippen MR) is 124 cm³/mol. The van der Waals surface area contributed by atoms with E-state index in [4.69, 9.17) is 9.47 Å². The molecule has 0 spiro atoms. The normalized spacial score (nSPS) is 14.2. The molecule has 0 amide bonds. The number of nitrogens with zero attached hydrogens (tertiary/aromatic N) is 2. The average molecular weight is 433 g/mol. The predicted octanol–water partition coefficient (Wildman–Crippen LogP) is 5.50. The van der Waals surface area contributed by atoms with E-state index in [0.29, 0.717) is 6.54 Å². The molecular weight excluding hydrogens is 408 g/mol. The third kappa shape index (κ3) is 4.21. The molecule has 2 heterocycles. The van der Waals surface area contributed by atoms with Crippen LogP contribution in [-0.4, -0.2) is 22.8 Å². The lowest BCUT2D eigenvalue weighted by Crippen LogP contribution is -2.22. The number of ether oxygens (including phenoxy) is 2. The van der Waals surface area contributed by atoms with Gasteiger partial charge in [-0.1, -0.05) is 24.3 Å². The van der Waals surface area contributed by atoms with Crippen LogP contribution < -0.4 is 15.2 Å². The van der Waals surface area contributed by atoms with Crippen molar-refractivity contribution in [1.82, 2.24) is 9.55 Å². The van der Waals surface area contributed by atoms with Gasteiger partial charge in [0.2, 0.25) is 0 Å². The van der Waals surface area contributed by atoms with Crippen molar-refractivity contribution in [3.8, 4) is 22.6 Å². The van der Waals surface area contributed by atoms with Gasteiger partial charge in [-0.15, -0.1) is 11.3 Å². The highest BCUT2D eigenvalue weighted by atomic mass is 32.1. The Kier molecular flexibility index (Phi) is 5.47. The van der Waals surface area contributed by atoms with Gasteiger partial charge in [0.15, 0.2) is 11.5 Å². The summed E-state index contributed by atoms with van der Waals surface area (Å²) in [5, 5.41) is 1.20. The third-order valence-electron chi connectivity index (χ3n) is 5.75. The lowest BCUT2D eigenvalue weighted by molar-refractivity contribution is 0.201. The van der Waals surface area contributed by atoms with Crippen molar-refractivity contribution in [1.29, 1.82) is 0 Å². The molecule has 0 N–H and O–H groups in total. The van der Waals surface area contributed by atoms with Gasteiger partial charge in [0.05, 0.1) is 19.8 Å². The van der Waals surface area contributed by atoms with Crippen LogP contribution in [0.3, 0.4) is 0 Å². The second-order valence-corrected chi connectivity index (χ2v) is 9.06. The number of thiophene rings is 1. The van der Waals surface area contributed by atoms with Gasteiger partial charge in [-0.3, -0.25) is 4.57 Å². The van der Waals surface area contributed by atoms with Crippen LogP contribution in [0.2, 0.25) is 0 Å². The van der Waals surface area contributed by atoms with Crippen LogP contribution in [0.1, 0.15) is 30.6 Å². The molecule has 2 aromatic carbocycles. The summed E-state index contributed by atoms with van der Waals surface area (Å²) in [7, 11) is 1.66. The molecule has 1 saturated carbocycles. The first-order chi connectivity index (χ1) is 15.2. The van der Waals surface area contributed by atoms with E-state index >= 15 is 0 Å². The van der Waals surface area contributed by atoms with Crippen LogP contribution >= 0.6 is 11.3 Å². The van der Waals surface area contributed by atoms with Gasteiger partial charge in [-0.25, -0.2) is 9.78 Å². The van der Waals surface area contributed by atoms with Gasteiger partial charge in [0, 0.05) is 27.5 Å². The summed E-state index contributed by atoms with van der Waals surface area (Å²) in [6.07, 6.45) is 8.32. The Hall–Kier alpha value is -3.12. The summed E-state index contributed by atoms with van der Waals surface area (Å²) in [4.78, 5) is 17.7. The molecule has 1 aliphatic rings. The van der Waals surface area contributed by atoms with Crippen molar-refractivity contribution in [2.24, 2.45) is 0 Å². The first kappa shape index (κ1) is 19.8. The summed E-state index contributed by atoms with van der Waals surface area (Å²) >= 11 is 1.70. The minimum Gasteiger partial charge on any atom is -0.493 e. The van der Waals surface area contributed by atoms with E-state index < -0.39 is 0 Å². The molecule has 1 aliphatic carbocycles. The third-order valence-corrected chi connectivity index (χ3v) is 6.85. The number of benzene rings is 2. The number of fused-ring (bicyclic) bond motifs is 1. The van der Waals surface area contributed by atoms with E-state index in [9.17, 15) is 4.79 Å². The lowest BCUT2D eigenvalue weighted by atomic mass is 10.1. The lowest BCUT2D eigenvalue weighted by Gasteiger charge is -2.17. The molecule has 0 radical (unpaired) electrons. The molecule has 5 rings (SSSR count). The SMILES string of the molecule is COc1ccc(-c2cnc(=O)n(Cc3cc4ccccc4s3)c2)cc1OC1CCCC1. The summed E-state index contributed by atoms with van der Waals surface area (Å²) in [6.45, 7) is 0.501. The number of rotatable bonds is 6. The van der Waals surface area contributed by atoms with Crippen molar-refractivity contribution in [2.45, 2.75) is 38.3 Å². The van der Waals surface area contributed by atoms with Gasteiger partial charge < -0.3 is 9.47 Å². The zero-order valence-electron chi connectivity index (χ0n) is 17.4. The number of hydrogen-bond acceptors (Lipinski definition) is 5. The van der Waals surface area contributed by atoms with Crippen molar-refractivity contribution in [2.75, 3.05) is 7.11 Å². The maximum Gasteiger partial charge on any atom is 0.347 e. The fourth-order valence-corrected chi connectivity index (χ4v) is 5.20. The maximum atomic E-state index is 12.4. The summed E-state index contributed by atoms with van der Waals surface area (Å²) in [6, 6.07) is 16.3. The van der Waals surface area contributed by atoms with E-state index in [0.717, 1.165) is 40.3 Å². The topological polar surface area (TPSA) is 53.3 Å². The van der Waals surface area contributed by atoms with Crippen LogP contribution in [0.15, 0.2) is 65.7 Å². The Morgan fingerprint density at radius 3 is 2.71 bits per heavy atom. The number of aromatic nitrogens is 2. The van der Waals surface area contributed by atoms with Crippen LogP contribution in [0.25, 0.3) is 21.2 Å². The zero-order chi connectivity index (χ0) is 21.2. The second-order valence-electron chi connectivity index (χ2n) is 7.89. The summed E-state index contributed by atoms with van der Waals surface area (Å²) < 4.78 is 14.6. The van der Waals surface area contributed by atoms with Crippen molar-refractivity contribution < 1.29 is 9.47 Å². The first-order valence-electron chi connectivity index (χ1n) is 10.6. The largest absolute Gasteiger partial charge is 0.493 e. The molecule has 2 aromatic heterocycles. The van der Waals surface area contributed by atoms with Gasteiger partial charge in [0.25, 0.3) is 0 Å². The highest BCUT2D eigenvalue weighted by Gasteiger charge is 2.19. The van der Waals surface area contributed by atoms with Gasteiger partial charge in [-0.2, -0.15) is 0 Å². The Bertz CT molecular complexity index is 1240. The molecule has 0 aliphatic heterocycles. The molecule has 0 atom stereocenters. The average Bonchev–Trinajstić information content (AvgIpc) is 3.44. The maximum absolute atomic E-state index is 12.4. The van der Waals surface area contributed by atoms with Crippen molar-refractivity contribution in [3.05, 3.63) is 76.3 Å². The summed E-state index contributed by atoms with van der Waals surface area (Å²) in [5.74, 6) is 1.47. The Balaban J connectivity index is 1.45. The molecule has 158 valence electrons. The minimum absolute atomic E-state index is 0.240. The van der Waals surface area contributed by atoms with Gasteiger partial charge in [0.1, 0.15) is 0 Å². The number of hydrogen-bond donors (Lipinski definition) is 0. The number of methoxy groups -OCH3 is 1. The molecule has 0 unspecified atom stereocenters. The van der Waals surface area contributed by atoms with E-state index in [1.54, 1.807) is 29.2 Å². The van der Waals surface area contributed by atoms with Crippen molar-refractivity contribution in [3.63, 3.8) is 0 Å². The quantitative estimate of drug-likeness (QED) is 0.403. The summed E-state index contributed by atoms with van der Waals surface area (Å²) in [5.41, 5.74) is 1.57. The molecular formula is C25H24N2O3S. The molecule has 5 nitrogen and oxygen atoms in total. The standard InChI is InChI=1S/C25H24N2O3S/c1-29-22-11-10-17(13-23(22)30-20-7-3-4-8-20)19-14-26-25(28)27(15-19)16-21-12-18-6-2-5-9-24(18)31-21/h2,5-6,9-15,20H,3-4,7-8,16H2,1H3. The second kappa shape index (κ2) is 8.55. The van der Waals surface area contributed by atoms with Gasteiger partial charge in [-0.05, 0) is 60.9 Å². The Morgan fingerprint density at radius 2 is 1.90 bits per heavy atom.